The van der Waals surface area contributed by atoms with Gasteiger partial charge in [0.05, 0.1) is 19.5 Å². The summed E-state index contributed by atoms with van der Waals surface area (Å²) in [5.74, 6) is -0.424. The summed E-state index contributed by atoms with van der Waals surface area (Å²) in [5.41, 5.74) is 1.74. The topological polar surface area (TPSA) is 93.5 Å². The smallest absolute Gasteiger partial charge is 0.410 e. The molecule has 3 aromatic heterocycles. The van der Waals surface area contributed by atoms with E-state index in [0.717, 1.165) is 5.56 Å². The molecular weight excluding hydrogens is 559 g/mol. The van der Waals surface area contributed by atoms with Crippen molar-refractivity contribution in [2.45, 2.75) is 66.0 Å². The summed E-state index contributed by atoms with van der Waals surface area (Å²) in [7, 11) is 0. The standard InChI is InChI=1S/C34H39FN6O3/c1-9-23-12-10-11-13-24(23)28-26(35)18-25-30(40-17-16-39(19-22(40)5)33(43)44-34(6,7)8)38-32(42)41(31(25)37-28)29-21(4)14-15-36-27(29)20(2)3/h9-15,18,20,22H,1,16-17,19H2,2-8H3/t22-/m0/s1/i1D2. The molecule has 0 unspecified atom stereocenters. The van der Waals surface area contributed by atoms with E-state index in [1.54, 1.807) is 41.4 Å². The van der Waals surface area contributed by atoms with Crippen LogP contribution in [0.3, 0.4) is 0 Å². The van der Waals surface area contributed by atoms with Crippen LogP contribution in [0.15, 0.2) is 53.9 Å². The van der Waals surface area contributed by atoms with Gasteiger partial charge < -0.3 is 14.5 Å². The van der Waals surface area contributed by atoms with Crippen molar-refractivity contribution in [1.82, 2.24) is 24.4 Å². The van der Waals surface area contributed by atoms with E-state index in [1.807, 2.05) is 53.4 Å². The van der Waals surface area contributed by atoms with E-state index >= 15 is 4.39 Å². The largest absolute Gasteiger partial charge is 0.444 e. The number of amides is 1. The van der Waals surface area contributed by atoms with Crippen LogP contribution in [0.4, 0.5) is 15.0 Å². The van der Waals surface area contributed by atoms with Crippen molar-refractivity contribution in [3.05, 3.63) is 82.2 Å². The average molecular weight is 601 g/mol. The van der Waals surface area contributed by atoms with Crippen LogP contribution in [-0.4, -0.2) is 61.8 Å². The third-order valence-corrected chi connectivity index (χ3v) is 7.65. The van der Waals surface area contributed by atoms with Crippen molar-refractivity contribution in [1.29, 1.82) is 0 Å². The highest BCUT2D eigenvalue weighted by molar-refractivity contribution is 5.91. The Labute approximate surface area is 259 Å². The number of anilines is 1. The van der Waals surface area contributed by atoms with Crippen LogP contribution in [0.25, 0.3) is 34.1 Å². The first-order valence-electron chi connectivity index (χ1n) is 15.7. The molecule has 230 valence electrons. The molecule has 1 amide bonds. The summed E-state index contributed by atoms with van der Waals surface area (Å²) < 4.78 is 38.6. The minimum atomic E-state index is -0.648. The molecule has 0 aliphatic carbocycles. The Balaban J connectivity index is 1.75. The number of piperazine rings is 1. The highest BCUT2D eigenvalue weighted by Crippen LogP contribution is 2.34. The summed E-state index contributed by atoms with van der Waals surface area (Å²) in [6.45, 7) is 13.7. The second kappa shape index (κ2) is 11.8. The van der Waals surface area contributed by atoms with E-state index in [9.17, 15) is 9.59 Å². The molecule has 44 heavy (non-hydrogen) atoms. The predicted octanol–water partition coefficient (Wildman–Crippen LogP) is 6.50. The maximum atomic E-state index is 16.2. The lowest BCUT2D eigenvalue weighted by molar-refractivity contribution is 0.0218. The van der Waals surface area contributed by atoms with Crippen molar-refractivity contribution in [3.63, 3.8) is 0 Å². The molecule has 1 fully saturated rings. The van der Waals surface area contributed by atoms with Crippen molar-refractivity contribution in [3.8, 4) is 16.9 Å². The van der Waals surface area contributed by atoms with Gasteiger partial charge >= 0.3 is 11.8 Å². The van der Waals surface area contributed by atoms with Crippen LogP contribution in [-0.2, 0) is 4.74 Å². The number of rotatable bonds is 5. The molecule has 1 atom stereocenters. The number of nitrogens with zero attached hydrogens (tertiary/aromatic N) is 6. The average Bonchev–Trinajstić information content (AvgIpc) is 2.96. The molecule has 10 heteroatoms. The molecule has 0 radical (unpaired) electrons. The van der Waals surface area contributed by atoms with Gasteiger partial charge in [-0.15, -0.1) is 0 Å². The SMILES string of the molecule is [2H]C([2H])=Cc1ccccc1-c1nc2c(cc1F)c(N1CCN(C(=O)OC(C)(C)C)C[C@@H]1C)nc(=O)n2-c1c(C)ccnc1C(C)C. The van der Waals surface area contributed by atoms with Crippen LogP contribution in [0.5, 0.6) is 0 Å². The lowest BCUT2D eigenvalue weighted by Crippen LogP contribution is -2.55. The molecular formula is C34H39FN6O3. The Hall–Kier alpha value is -4.60. The Morgan fingerprint density at radius 1 is 1.20 bits per heavy atom. The number of carbonyl (C=O) groups excluding carboxylic acids is 1. The van der Waals surface area contributed by atoms with E-state index in [0.29, 0.717) is 47.5 Å². The summed E-state index contributed by atoms with van der Waals surface area (Å²) >= 11 is 0. The molecule has 4 aromatic rings. The Morgan fingerprint density at radius 3 is 2.64 bits per heavy atom. The van der Waals surface area contributed by atoms with Gasteiger partial charge in [-0.05, 0) is 63.8 Å². The van der Waals surface area contributed by atoms with E-state index in [4.69, 9.17) is 12.5 Å². The minimum absolute atomic E-state index is 0.0265. The van der Waals surface area contributed by atoms with Crippen LogP contribution in [0.2, 0.25) is 0 Å². The maximum absolute atomic E-state index is 16.2. The van der Waals surface area contributed by atoms with E-state index in [-0.39, 0.29) is 29.1 Å². The first kappa shape index (κ1) is 28.2. The molecule has 0 N–H and O–H groups in total. The monoisotopic (exact) mass is 600 g/mol. The van der Waals surface area contributed by atoms with Crippen molar-refractivity contribution in [2.75, 3.05) is 24.5 Å². The molecule has 1 aliphatic rings. The van der Waals surface area contributed by atoms with Gasteiger partial charge in [-0.3, -0.25) is 4.98 Å². The summed E-state index contributed by atoms with van der Waals surface area (Å²) in [5, 5.41) is 0.325. The molecule has 1 saturated heterocycles. The highest BCUT2D eigenvalue weighted by Gasteiger charge is 2.33. The summed E-state index contributed by atoms with van der Waals surface area (Å²) in [6, 6.07) is 9.68. The molecule has 0 saturated carbocycles. The summed E-state index contributed by atoms with van der Waals surface area (Å²) in [4.78, 5) is 44.4. The van der Waals surface area contributed by atoms with Crippen molar-refractivity contribution in [2.24, 2.45) is 0 Å². The van der Waals surface area contributed by atoms with Crippen molar-refractivity contribution >= 4 is 29.0 Å². The number of aromatic nitrogens is 4. The quantitative estimate of drug-likeness (QED) is 0.258. The number of hydrogen-bond acceptors (Lipinski definition) is 7. The van der Waals surface area contributed by atoms with Crippen LogP contribution in [0.1, 0.15) is 67.0 Å². The number of ether oxygens (including phenoxy) is 1. The van der Waals surface area contributed by atoms with E-state index in [2.05, 4.69) is 9.97 Å². The molecule has 5 rings (SSSR count). The second-order valence-corrected chi connectivity index (χ2v) is 12.5. The van der Waals surface area contributed by atoms with Crippen molar-refractivity contribution < 1.29 is 16.7 Å². The number of pyridine rings is 2. The lowest BCUT2D eigenvalue weighted by atomic mass is 10.0. The Bertz CT molecular complexity index is 1900. The second-order valence-electron chi connectivity index (χ2n) is 12.5. The predicted molar refractivity (Wildman–Crippen MR) is 172 cm³/mol. The molecule has 0 bridgehead atoms. The van der Waals surface area contributed by atoms with E-state index < -0.39 is 29.7 Å². The first-order chi connectivity index (χ1) is 21.7. The molecule has 4 heterocycles. The fourth-order valence-electron chi connectivity index (χ4n) is 5.60. The fourth-order valence-corrected chi connectivity index (χ4v) is 5.60. The number of halogens is 1. The van der Waals surface area contributed by atoms with Gasteiger partial charge in [0.25, 0.3) is 0 Å². The van der Waals surface area contributed by atoms with Gasteiger partial charge in [0.1, 0.15) is 22.9 Å². The van der Waals surface area contributed by atoms with Gasteiger partial charge in [0.2, 0.25) is 0 Å². The van der Waals surface area contributed by atoms with Gasteiger partial charge in [0, 0.05) is 37.4 Å². The number of carbonyl (C=O) groups is 1. The number of benzene rings is 1. The zero-order chi connectivity index (χ0) is 33.5. The first-order valence-corrected chi connectivity index (χ1v) is 14.7. The molecule has 1 aromatic carbocycles. The Kier molecular flexibility index (Phi) is 7.57. The fraction of sp³-hybridized carbons (Fsp3) is 0.382. The minimum Gasteiger partial charge on any atom is -0.444 e. The lowest BCUT2D eigenvalue weighted by Gasteiger charge is -2.41. The zero-order valence-electron chi connectivity index (χ0n) is 28.2. The highest BCUT2D eigenvalue weighted by atomic mass is 19.1. The maximum Gasteiger partial charge on any atom is 0.410 e. The molecule has 1 aliphatic heterocycles. The molecule has 9 nitrogen and oxygen atoms in total. The van der Waals surface area contributed by atoms with Gasteiger partial charge in [-0.25, -0.2) is 23.5 Å². The Morgan fingerprint density at radius 2 is 1.95 bits per heavy atom. The number of hydrogen-bond donors (Lipinski definition) is 0. The van der Waals surface area contributed by atoms with Crippen LogP contribution < -0.4 is 10.6 Å². The van der Waals surface area contributed by atoms with Gasteiger partial charge in [-0.1, -0.05) is 50.7 Å². The van der Waals surface area contributed by atoms with Crippen LogP contribution >= 0.6 is 0 Å². The summed E-state index contributed by atoms with van der Waals surface area (Å²) in [6.07, 6.45) is 2.59. The van der Waals surface area contributed by atoms with Gasteiger partial charge in [-0.2, -0.15) is 4.98 Å². The number of fused-ring (bicyclic) bond motifs is 1. The third-order valence-electron chi connectivity index (χ3n) is 7.65. The van der Waals surface area contributed by atoms with E-state index in [1.165, 1.54) is 16.7 Å². The zero-order valence-corrected chi connectivity index (χ0v) is 26.2. The van der Waals surface area contributed by atoms with Gasteiger partial charge in [0.15, 0.2) is 5.65 Å². The molecule has 0 spiro atoms. The normalized spacial score (nSPS) is 16.2. The number of aryl methyl sites for hydroxylation is 1. The van der Waals surface area contributed by atoms with Crippen LogP contribution in [0, 0.1) is 12.7 Å². The third kappa shape index (κ3) is 5.80.